The third-order valence-corrected chi connectivity index (χ3v) is 2.40. The number of hydrogen-bond donors (Lipinski definition) is 3. The summed E-state index contributed by atoms with van der Waals surface area (Å²) in [4.78, 5) is 34.0. The van der Waals surface area contributed by atoms with E-state index in [1.807, 2.05) is 0 Å². The molecule has 104 valence electrons. The number of rotatable bonds is 6. The Bertz CT molecular complexity index is 534. The van der Waals surface area contributed by atoms with Crippen molar-refractivity contribution in [2.45, 2.75) is 12.5 Å². The van der Waals surface area contributed by atoms with Crippen LogP contribution in [-0.4, -0.2) is 35.5 Å². The van der Waals surface area contributed by atoms with E-state index in [4.69, 9.17) is 11.5 Å². The van der Waals surface area contributed by atoms with Gasteiger partial charge in [0.2, 0.25) is 5.91 Å². The molecule has 1 aromatic carbocycles. The molecule has 0 saturated heterocycles. The van der Waals surface area contributed by atoms with Gasteiger partial charge >= 0.3 is 5.97 Å². The van der Waals surface area contributed by atoms with Crippen molar-refractivity contribution in [2.24, 2.45) is 0 Å². The molecule has 1 atom stereocenters. The predicted octanol–water partition coefficient (Wildman–Crippen LogP) is 0.00910. The van der Waals surface area contributed by atoms with Crippen LogP contribution >= 0.6 is 0 Å². The lowest BCUT2D eigenvalue weighted by molar-refractivity contribution is -0.141. The molecule has 0 aliphatic carbocycles. The van der Waals surface area contributed by atoms with Crippen molar-refractivity contribution in [1.82, 2.24) is 10.6 Å². The van der Waals surface area contributed by atoms with Crippen molar-refractivity contribution < 1.29 is 19.5 Å². The summed E-state index contributed by atoms with van der Waals surface area (Å²) in [6.45, 7) is -0.317. The summed E-state index contributed by atoms with van der Waals surface area (Å²) in [5.74, 6) is -0.0810. The van der Waals surface area contributed by atoms with Crippen LogP contribution in [0.3, 0.4) is 0 Å². The number of carbonyl (C=O) groups is 3. The van der Waals surface area contributed by atoms with E-state index in [0.29, 0.717) is 5.56 Å². The quantitative estimate of drug-likeness (QED) is 0.637. The fourth-order valence-electron chi connectivity index (χ4n) is 1.42. The zero-order valence-corrected chi connectivity index (χ0v) is 10.6. The predicted molar refractivity (Wildman–Crippen MR) is 71.8 cm³/mol. The first kappa shape index (κ1) is 15.2. The van der Waals surface area contributed by atoms with Crippen LogP contribution in [-0.2, 0) is 9.59 Å². The topological polar surface area (TPSA) is 95.5 Å². The zero-order chi connectivity index (χ0) is 15.0. The normalized spacial score (nSPS) is 10.9. The smallest absolute Gasteiger partial charge is 0.327 e. The van der Waals surface area contributed by atoms with Crippen LogP contribution in [0, 0.1) is 12.3 Å². The summed E-state index contributed by atoms with van der Waals surface area (Å²) in [7, 11) is 0. The zero-order valence-electron chi connectivity index (χ0n) is 10.6. The number of carbonyl (C=O) groups excluding carboxylic acids is 2. The second-order valence-electron chi connectivity index (χ2n) is 3.92. The van der Waals surface area contributed by atoms with Crippen molar-refractivity contribution in [1.29, 1.82) is 0 Å². The van der Waals surface area contributed by atoms with E-state index in [1.165, 1.54) is 0 Å². The van der Waals surface area contributed by atoms with Crippen molar-refractivity contribution in [3.05, 3.63) is 35.9 Å². The van der Waals surface area contributed by atoms with Gasteiger partial charge in [-0.1, -0.05) is 18.2 Å². The number of benzene rings is 1. The molecule has 0 aromatic heterocycles. The van der Waals surface area contributed by atoms with Crippen LogP contribution in [0.2, 0.25) is 0 Å². The lowest BCUT2D eigenvalue weighted by atomic mass is 10.2. The largest absolute Gasteiger partial charge is 0.480 e. The highest BCUT2D eigenvalue weighted by molar-refractivity contribution is 5.96. The van der Waals surface area contributed by atoms with Gasteiger partial charge in [0.15, 0.2) is 0 Å². The molecule has 0 heterocycles. The summed E-state index contributed by atoms with van der Waals surface area (Å²) in [5.41, 5.74) is 0.415. The third-order valence-electron chi connectivity index (χ3n) is 2.40. The molecule has 0 aliphatic rings. The average molecular weight is 274 g/mol. The molecule has 0 fully saturated rings. The average Bonchev–Trinajstić information content (AvgIpc) is 2.45. The van der Waals surface area contributed by atoms with Gasteiger partial charge in [-0.25, -0.2) is 4.79 Å². The molecule has 1 unspecified atom stereocenters. The van der Waals surface area contributed by atoms with Crippen molar-refractivity contribution >= 4 is 17.8 Å². The molecule has 6 nitrogen and oxygen atoms in total. The van der Waals surface area contributed by atoms with Crippen LogP contribution in [0.15, 0.2) is 30.3 Å². The fraction of sp³-hybridized carbons (Fsp3) is 0.214. The van der Waals surface area contributed by atoms with Gasteiger partial charge in [0, 0.05) is 12.0 Å². The van der Waals surface area contributed by atoms with E-state index in [9.17, 15) is 14.4 Å². The molecule has 3 N–H and O–H groups in total. The first-order chi connectivity index (χ1) is 9.54. The Hall–Kier alpha value is -2.81. The van der Waals surface area contributed by atoms with Gasteiger partial charge in [0.25, 0.3) is 5.91 Å². The summed E-state index contributed by atoms with van der Waals surface area (Å²) >= 11 is 0. The number of amides is 2. The SMILES string of the molecule is C#CCC(NC(=O)CNC(=O)c1ccccc1)C(=O)O. The molecule has 0 aliphatic heterocycles. The Kier molecular flexibility index (Phi) is 5.78. The molecule has 0 saturated carbocycles. The van der Waals surface area contributed by atoms with Gasteiger partial charge in [-0.3, -0.25) is 9.59 Å². The molecule has 1 aromatic rings. The van der Waals surface area contributed by atoms with E-state index in [-0.39, 0.29) is 13.0 Å². The van der Waals surface area contributed by atoms with E-state index >= 15 is 0 Å². The Morgan fingerprint density at radius 1 is 1.25 bits per heavy atom. The summed E-state index contributed by atoms with van der Waals surface area (Å²) in [5, 5.41) is 13.4. The monoisotopic (exact) mass is 274 g/mol. The Morgan fingerprint density at radius 2 is 1.90 bits per heavy atom. The second-order valence-corrected chi connectivity index (χ2v) is 3.92. The van der Waals surface area contributed by atoms with Crippen LogP contribution in [0.1, 0.15) is 16.8 Å². The minimum atomic E-state index is -1.22. The Labute approximate surface area is 116 Å². The molecule has 2 amide bonds. The summed E-state index contributed by atoms with van der Waals surface area (Å²) in [6.07, 6.45) is 4.89. The first-order valence-electron chi connectivity index (χ1n) is 5.83. The maximum absolute atomic E-state index is 11.7. The molecule has 0 bridgehead atoms. The van der Waals surface area contributed by atoms with Crippen molar-refractivity contribution in [2.75, 3.05) is 6.54 Å². The molecule has 6 heteroatoms. The fourth-order valence-corrected chi connectivity index (χ4v) is 1.42. The number of nitrogens with one attached hydrogen (secondary N) is 2. The Morgan fingerprint density at radius 3 is 2.45 bits per heavy atom. The summed E-state index contributed by atoms with van der Waals surface area (Å²) < 4.78 is 0. The highest BCUT2D eigenvalue weighted by atomic mass is 16.4. The van der Waals surface area contributed by atoms with Crippen molar-refractivity contribution in [3.8, 4) is 12.3 Å². The van der Waals surface area contributed by atoms with Gasteiger partial charge in [-0.2, -0.15) is 0 Å². The second kappa shape index (κ2) is 7.59. The van der Waals surface area contributed by atoms with Crippen molar-refractivity contribution in [3.63, 3.8) is 0 Å². The molecule has 0 radical (unpaired) electrons. The summed E-state index contributed by atoms with van der Waals surface area (Å²) in [6, 6.07) is 7.21. The lowest BCUT2D eigenvalue weighted by Crippen LogP contribution is -2.45. The first-order valence-corrected chi connectivity index (χ1v) is 5.83. The molecule has 20 heavy (non-hydrogen) atoms. The minimum absolute atomic E-state index is 0.117. The van der Waals surface area contributed by atoms with E-state index in [2.05, 4.69) is 16.6 Å². The van der Waals surface area contributed by atoms with E-state index < -0.39 is 23.8 Å². The van der Waals surface area contributed by atoms with Gasteiger partial charge in [-0.05, 0) is 12.1 Å². The third kappa shape index (κ3) is 4.82. The maximum Gasteiger partial charge on any atom is 0.327 e. The molecular weight excluding hydrogens is 260 g/mol. The van der Waals surface area contributed by atoms with Crippen LogP contribution in [0.5, 0.6) is 0 Å². The van der Waals surface area contributed by atoms with Gasteiger partial charge in [0.05, 0.1) is 6.54 Å². The number of carboxylic acids is 1. The van der Waals surface area contributed by atoms with Crippen LogP contribution in [0.4, 0.5) is 0 Å². The maximum atomic E-state index is 11.7. The number of aliphatic carboxylic acids is 1. The van der Waals surface area contributed by atoms with Crippen LogP contribution < -0.4 is 10.6 Å². The molecule has 1 rings (SSSR count). The van der Waals surface area contributed by atoms with E-state index in [1.54, 1.807) is 30.3 Å². The van der Waals surface area contributed by atoms with Crippen LogP contribution in [0.25, 0.3) is 0 Å². The lowest BCUT2D eigenvalue weighted by Gasteiger charge is -2.12. The highest BCUT2D eigenvalue weighted by Gasteiger charge is 2.18. The standard InChI is InChI=1S/C14H14N2O4/c1-2-6-11(14(19)20)16-12(17)9-15-13(18)10-7-4-3-5-8-10/h1,3-5,7-8,11H,6,9H2,(H,15,18)(H,16,17)(H,19,20). The molecular formula is C14H14N2O4. The number of terminal acetylenes is 1. The van der Waals surface area contributed by atoms with Gasteiger partial charge < -0.3 is 15.7 Å². The van der Waals surface area contributed by atoms with Gasteiger partial charge in [0.1, 0.15) is 6.04 Å². The molecule has 0 spiro atoms. The number of hydrogen-bond acceptors (Lipinski definition) is 3. The minimum Gasteiger partial charge on any atom is -0.480 e. The van der Waals surface area contributed by atoms with E-state index in [0.717, 1.165) is 0 Å². The Balaban J connectivity index is 2.46. The number of carboxylic acid groups (broad SMARTS) is 1. The highest BCUT2D eigenvalue weighted by Crippen LogP contribution is 1.97. The van der Waals surface area contributed by atoms with Gasteiger partial charge in [-0.15, -0.1) is 12.3 Å².